The molecule has 190 valence electrons. The number of carbonyl (C=O) groups excluding carboxylic acids is 1. The molecular formula is C25H39N3O5S. The molecular weight excluding hydrogens is 454 g/mol. The van der Waals surface area contributed by atoms with Crippen molar-refractivity contribution < 1.29 is 22.7 Å². The highest BCUT2D eigenvalue weighted by Gasteiger charge is 2.38. The van der Waals surface area contributed by atoms with Crippen molar-refractivity contribution in [1.82, 2.24) is 14.1 Å². The van der Waals surface area contributed by atoms with E-state index in [2.05, 4.69) is 4.90 Å². The van der Waals surface area contributed by atoms with E-state index in [0.29, 0.717) is 13.1 Å². The van der Waals surface area contributed by atoms with Crippen molar-refractivity contribution >= 4 is 16.1 Å². The van der Waals surface area contributed by atoms with Crippen LogP contribution in [0.25, 0.3) is 0 Å². The van der Waals surface area contributed by atoms with Crippen LogP contribution in [-0.4, -0.2) is 86.7 Å². The lowest BCUT2D eigenvalue weighted by Gasteiger charge is -2.28. The van der Waals surface area contributed by atoms with E-state index in [4.69, 9.17) is 9.47 Å². The van der Waals surface area contributed by atoms with Gasteiger partial charge in [0, 0.05) is 32.2 Å². The number of likely N-dealkylation sites (N-methyl/N-ethyl adjacent to an activating group) is 1. The Balaban J connectivity index is 1.36. The third-order valence-electron chi connectivity index (χ3n) is 7.25. The number of nitrogens with zero attached hydrogens (tertiary/aromatic N) is 3. The van der Waals surface area contributed by atoms with Gasteiger partial charge in [-0.1, -0.05) is 51.2 Å². The number of sulfonamides is 1. The summed E-state index contributed by atoms with van der Waals surface area (Å²) in [5.74, 6) is 0. The minimum absolute atomic E-state index is 0.184. The maximum absolute atomic E-state index is 13.3. The standard InChI is InChI=1S/C25H39N3O5S/c1-2-27(19-23-20-28(25(29)33-23)22-8-6-4-3-5-7-9-22)34(30,31)24-12-10-21(11-13-24)18-26-14-16-32-17-15-26/h10-13,22-23H,2-9,14-20H2,1H3/t23-/m1/s1. The van der Waals surface area contributed by atoms with Crippen LogP contribution in [0, 0.1) is 0 Å². The van der Waals surface area contributed by atoms with E-state index in [0.717, 1.165) is 64.1 Å². The van der Waals surface area contributed by atoms with Crippen molar-refractivity contribution in [3.05, 3.63) is 29.8 Å². The molecule has 1 saturated carbocycles. The number of hydrogen-bond acceptors (Lipinski definition) is 6. The molecule has 2 heterocycles. The Labute approximate surface area is 204 Å². The summed E-state index contributed by atoms with van der Waals surface area (Å²) in [6.07, 6.45) is 7.27. The molecule has 0 bridgehead atoms. The zero-order chi connectivity index (χ0) is 24.0. The first-order chi connectivity index (χ1) is 16.5. The maximum atomic E-state index is 13.3. The Hall–Kier alpha value is -1.68. The van der Waals surface area contributed by atoms with Crippen molar-refractivity contribution in [2.75, 3.05) is 45.9 Å². The molecule has 3 fully saturated rings. The molecule has 1 amide bonds. The van der Waals surface area contributed by atoms with E-state index in [1.807, 2.05) is 24.0 Å². The van der Waals surface area contributed by atoms with Crippen LogP contribution < -0.4 is 0 Å². The molecule has 4 rings (SSSR count). The van der Waals surface area contributed by atoms with Gasteiger partial charge in [0.15, 0.2) is 0 Å². The van der Waals surface area contributed by atoms with Crippen LogP contribution in [0.5, 0.6) is 0 Å². The molecule has 3 aliphatic rings. The molecule has 2 saturated heterocycles. The zero-order valence-electron chi connectivity index (χ0n) is 20.4. The monoisotopic (exact) mass is 493 g/mol. The van der Waals surface area contributed by atoms with Crippen molar-refractivity contribution in [3.63, 3.8) is 0 Å². The predicted octanol–water partition coefficient (Wildman–Crippen LogP) is 3.46. The van der Waals surface area contributed by atoms with Gasteiger partial charge in [0.1, 0.15) is 6.10 Å². The number of benzene rings is 1. The van der Waals surface area contributed by atoms with Crippen LogP contribution in [0.2, 0.25) is 0 Å². The molecule has 0 N–H and O–H groups in total. The third-order valence-corrected chi connectivity index (χ3v) is 9.20. The summed E-state index contributed by atoms with van der Waals surface area (Å²) < 4.78 is 39.1. The fourth-order valence-corrected chi connectivity index (χ4v) is 6.72. The molecule has 34 heavy (non-hydrogen) atoms. The first-order valence-corrected chi connectivity index (χ1v) is 14.3. The summed E-state index contributed by atoms with van der Waals surface area (Å²) in [7, 11) is -3.67. The SMILES string of the molecule is CCN(C[C@@H]1CN(C2CCCCCCC2)C(=O)O1)S(=O)(=O)c1ccc(CN2CCOCC2)cc1. The average molecular weight is 494 g/mol. The number of ether oxygens (including phenoxy) is 2. The lowest BCUT2D eigenvalue weighted by Crippen LogP contribution is -2.40. The van der Waals surface area contributed by atoms with Crippen molar-refractivity contribution in [2.45, 2.75) is 75.5 Å². The van der Waals surface area contributed by atoms with Gasteiger partial charge in [0.2, 0.25) is 10.0 Å². The molecule has 0 unspecified atom stereocenters. The summed E-state index contributed by atoms with van der Waals surface area (Å²) >= 11 is 0. The van der Waals surface area contributed by atoms with Crippen molar-refractivity contribution in [2.24, 2.45) is 0 Å². The Morgan fingerprint density at radius 3 is 2.29 bits per heavy atom. The minimum atomic E-state index is -3.67. The van der Waals surface area contributed by atoms with Crippen LogP contribution in [-0.2, 0) is 26.0 Å². The number of rotatable bonds is 8. The van der Waals surface area contributed by atoms with Crippen LogP contribution in [0.3, 0.4) is 0 Å². The second-order valence-electron chi connectivity index (χ2n) is 9.65. The quantitative estimate of drug-likeness (QED) is 0.552. The van der Waals surface area contributed by atoms with Crippen molar-refractivity contribution in [1.29, 1.82) is 0 Å². The largest absolute Gasteiger partial charge is 0.443 e. The summed E-state index contributed by atoms with van der Waals surface area (Å²) in [6.45, 7) is 6.85. The van der Waals surface area contributed by atoms with Crippen LogP contribution in [0.1, 0.15) is 57.4 Å². The molecule has 9 heteroatoms. The van der Waals surface area contributed by atoms with Gasteiger partial charge < -0.3 is 14.4 Å². The first kappa shape index (κ1) is 25.4. The summed E-state index contributed by atoms with van der Waals surface area (Å²) in [4.78, 5) is 17.0. The van der Waals surface area contributed by atoms with Gasteiger partial charge in [-0.3, -0.25) is 4.90 Å². The number of hydrogen-bond donors (Lipinski definition) is 0. The molecule has 1 aromatic carbocycles. The second kappa shape index (κ2) is 11.8. The van der Waals surface area contributed by atoms with E-state index in [1.54, 1.807) is 12.1 Å². The summed E-state index contributed by atoms with van der Waals surface area (Å²) in [5.41, 5.74) is 1.09. The number of cyclic esters (lactones) is 1. The predicted molar refractivity (Wildman–Crippen MR) is 130 cm³/mol. The molecule has 1 aliphatic carbocycles. The van der Waals surface area contributed by atoms with Gasteiger partial charge in [-0.2, -0.15) is 4.31 Å². The van der Waals surface area contributed by atoms with Gasteiger partial charge >= 0.3 is 6.09 Å². The van der Waals surface area contributed by atoms with Gasteiger partial charge in [-0.15, -0.1) is 0 Å². The van der Waals surface area contributed by atoms with E-state index < -0.39 is 16.1 Å². The molecule has 8 nitrogen and oxygen atoms in total. The Kier molecular flexibility index (Phi) is 8.85. The topological polar surface area (TPSA) is 79.4 Å². The highest BCUT2D eigenvalue weighted by atomic mass is 32.2. The van der Waals surface area contributed by atoms with E-state index >= 15 is 0 Å². The number of amides is 1. The highest BCUT2D eigenvalue weighted by Crippen LogP contribution is 2.27. The second-order valence-corrected chi connectivity index (χ2v) is 11.6. The van der Waals surface area contributed by atoms with Gasteiger partial charge in [0.05, 0.1) is 31.2 Å². The lowest BCUT2D eigenvalue weighted by atomic mass is 9.96. The average Bonchev–Trinajstić information content (AvgIpc) is 3.18. The first-order valence-electron chi connectivity index (χ1n) is 12.8. The molecule has 1 atom stereocenters. The molecule has 0 radical (unpaired) electrons. The van der Waals surface area contributed by atoms with Gasteiger partial charge in [-0.05, 0) is 30.5 Å². The van der Waals surface area contributed by atoms with Crippen LogP contribution in [0.4, 0.5) is 4.79 Å². The lowest BCUT2D eigenvalue weighted by molar-refractivity contribution is 0.0342. The van der Waals surface area contributed by atoms with Gasteiger partial charge in [0.25, 0.3) is 0 Å². The Morgan fingerprint density at radius 2 is 1.65 bits per heavy atom. The number of morpholine rings is 1. The molecule has 2 aliphatic heterocycles. The summed E-state index contributed by atoms with van der Waals surface area (Å²) in [5, 5.41) is 0. The normalized spacial score (nSPS) is 23.6. The van der Waals surface area contributed by atoms with Gasteiger partial charge in [-0.25, -0.2) is 13.2 Å². The minimum Gasteiger partial charge on any atom is -0.443 e. The Bertz CT molecular complexity index is 894. The third kappa shape index (κ3) is 6.30. The molecule has 0 aromatic heterocycles. The highest BCUT2D eigenvalue weighted by molar-refractivity contribution is 7.89. The van der Waals surface area contributed by atoms with Crippen LogP contribution >= 0.6 is 0 Å². The smallest absolute Gasteiger partial charge is 0.410 e. The Morgan fingerprint density at radius 1 is 1.00 bits per heavy atom. The maximum Gasteiger partial charge on any atom is 0.410 e. The molecule has 0 spiro atoms. The zero-order valence-corrected chi connectivity index (χ0v) is 21.2. The molecule has 1 aromatic rings. The van der Waals surface area contributed by atoms with E-state index in [9.17, 15) is 13.2 Å². The van der Waals surface area contributed by atoms with E-state index in [1.165, 1.54) is 23.6 Å². The number of carbonyl (C=O) groups is 1. The fourth-order valence-electron chi connectivity index (χ4n) is 5.24. The van der Waals surface area contributed by atoms with Crippen LogP contribution in [0.15, 0.2) is 29.2 Å². The van der Waals surface area contributed by atoms with E-state index in [-0.39, 0.29) is 23.6 Å². The summed E-state index contributed by atoms with van der Waals surface area (Å²) in [6, 6.07) is 7.37. The fraction of sp³-hybridized carbons (Fsp3) is 0.720. The van der Waals surface area contributed by atoms with Crippen molar-refractivity contribution in [3.8, 4) is 0 Å².